The van der Waals surface area contributed by atoms with Gasteiger partial charge in [-0.2, -0.15) is 0 Å². The van der Waals surface area contributed by atoms with Gasteiger partial charge >= 0.3 is 0 Å². The zero-order valence-corrected chi connectivity index (χ0v) is 30.0. The van der Waals surface area contributed by atoms with Gasteiger partial charge in [0.2, 0.25) is 0 Å². The minimum atomic E-state index is -0.708. The molecule has 241 valence electrons. The summed E-state index contributed by atoms with van der Waals surface area (Å²) in [6, 6.07) is 42.6. The van der Waals surface area contributed by atoms with Crippen molar-refractivity contribution in [2.75, 3.05) is 0 Å². The van der Waals surface area contributed by atoms with E-state index in [1.807, 2.05) is 111 Å². The molecule has 0 amide bonds. The van der Waals surface area contributed by atoms with Gasteiger partial charge in [0, 0.05) is 44.9 Å². The second kappa shape index (κ2) is 13.7. The van der Waals surface area contributed by atoms with E-state index in [9.17, 15) is 0 Å². The van der Waals surface area contributed by atoms with Gasteiger partial charge < -0.3 is 14.0 Å². The molecule has 4 aromatic carbocycles. The van der Waals surface area contributed by atoms with Crippen LogP contribution in [0.5, 0.6) is 0 Å². The van der Waals surface area contributed by atoms with E-state index in [0.717, 1.165) is 66.9 Å². The number of pyridine rings is 2. The molecule has 8 aromatic rings. The van der Waals surface area contributed by atoms with Crippen LogP contribution in [-0.4, -0.2) is 19.5 Å². The number of furan rings is 1. The number of rotatable bonds is 4. The fraction of sp³-hybridized carbons (Fsp3) is 0.167. The number of para-hydroxylation sites is 1. The predicted molar refractivity (Wildman–Crippen MR) is 192 cm³/mol. The molecule has 0 aliphatic rings. The summed E-state index contributed by atoms with van der Waals surface area (Å²) in [6.07, 6.45) is 3.71. The molecule has 0 bridgehead atoms. The summed E-state index contributed by atoms with van der Waals surface area (Å²) in [5, 5.41) is 2.02. The van der Waals surface area contributed by atoms with Crippen molar-refractivity contribution in [1.29, 1.82) is 0 Å². The Morgan fingerprint density at radius 1 is 0.812 bits per heavy atom. The first-order valence-electron chi connectivity index (χ1n) is 16.3. The van der Waals surface area contributed by atoms with E-state index in [-0.39, 0.29) is 25.5 Å². The Balaban J connectivity index is 0.000000270. The van der Waals surface area contributed by atoms with Crippen LogP contribution >= 0.6 is 0 Å². The molecule has 0 spiro atoms. The molecule has 48 heavy (non-hydrogen) atoms. The number of aromatic nitrogens is 4. The Bertz CT molecular complexity index is 2320. The van der Waals surface area contributed by atoms with E-state index < -0.39 is 5.89 Å². The van der Waals surface area contributed by atoms with Crippen LogP contribution in [0.2, 0.25) is 0 Å². The van der Waals surface area contributed by atoms with Crippen LogP contribution < -0.4 is 0 Å². The third-order valence-electron chi connectivity index (χ3n) is 8.28. The number of hydrogen-bond donors (Lipinski definition) is 0. The summed E-state index contributed by atoms with van der Waals surface area (Å²) in [7, 11) is 0. The third kappa shape index (κ3) is 6.47. The monoisotopic (exact) mass is 806 g/mol. The van der Waals surface area contributed by atoms with Crippen molar-refractivity contribution in [2.45, 2.75) is 45.9 Å². The normalized spacial score (nSPS) is 12.0. The van der Waals surface area contributed by atoms with E-state index in [1.165, 1.54) is 0 Å². The SMILES string of the molecule is [2H]C(C)(C)c1ccc2c(c1)oc1c(-c3nc4ncc(C(C)(C)C)cc4n3-c3ccccc3)[c-]ccc12.[Ir].[c-]1ccccc1-c1ccccn1. The Hall–Kier alpha value is -4.90. The number of hydrogen-bond acceptors (Lipinski definition) is 4. The van der Waals surface area contributed by atoms with Gasteiger partial charge in [-0.15, -0.1) is 54.1 Å². The standard InChI is InChI=1S/C31H28N3O.C11H8N.Ir/c1-19(2)20-14-15-23-24-12-9-13-25(28(24)35-27(23)16-20)30-33-29-26(17-21(18-32-29)31(3,4)5)34(30)22-10-7-6-8-11-22;1-2-6-10(7-3-1)11-8-4-5-9-12-11;/h6-12,14-19H,1-5H3;1-6,8-9H;/q2*-1;/i19D;;. The molecule has 0 aliphatic heterocycles. The maximum absolute atomic E-state index is 8.44. The number of imidazole rings is 1. The molecule has 0 saturated carbocycles. The molecule has 0 aliphatic carbocycles. The van der Waals surface area contributed by atoms with Crippen molar-refractivity contribution < 1.29 is 25.9 Å². The molecule has 8 rings (SSSR count). The molecular weight excluding hydrogens is 769 g/mol. The minimum absolute atomic E-state index is 0. The van der Waals surface area contributed by atoms with Crippen LogP contribution in [-0.2, 0) is 25.5 Å². The van der Waals surface area contributed by atoms with Crippen molar-refractivity contribution in [1.82, 2.24) is 19.5 Å². The maximum atomic E-state index is 8.44. The second-order valence-electron chi connectivity index (χ2n) is 12.8. The average Bonchev–Trinajstić information content (AvgIpc) is 3.67. The Morgan fingerprint density at radius 3 is 2.31 bits per heavy atom. The van der Waals surface area contributed by atoms with E-state index in [1.54, 1.807) is 6.20 Å². The fourth-order valence-corrected chi connectivity index (χ4v) is 5.67. The van der Waals surface area contributed by atoms with E-state index >= 15 is 0 Å². The minimum Gasteiger partial charge on any atom is -0.501 e. The summed E-state index contributed by atoms with van der Waals surface area (Å²) in [4.78, 5) is 14.0. The zero-order valence-electron chi connectivity index (χ0n) is 28.6. The molecule has 5 nitrogen and oxygen atoms in total. The average molecular weight is 806 g/mol. The summed E-state index contributed by atoms with van der Waals surface area (Å²) in [5.74, 6) is 0.0280. The molecule has 1 radical (unpaired) electrons. The van der Waals surface area contributed by atoms with Crippen LogP contribution in [0.25, 0.3) is 61.4 Å². The summed E-state index contributed by atoms with van der Waals surface area (Å²) in [6.45, 7) is 10.3. The molecule has 0 atom stereocenters. The first-order valence-corrected chi connectivity index (χ1v) is 15.8. The summed E-state index contributed by atoms with van der Waals surface area (Å²) >= 11 is 0. The van der Waals surface area contributed by atoms with Gasteiger partial charge in [-0.25, -0.2) is 4.98 Å². The molecule has 4 aromatic heterocycles. The van der Waals surface area contributed by atoms with Gasteiger partial charge in [0.25, 0.3) is 0 Å². The van der Waals surface area contributed by atoms with Gasteiger partial charge in [-0.05, 0) is 58.5 Å². The van der Waals surface area contributed by atoms with Gasteiger partial charge in [0.1, 0.15) is 5.58 Å². The first kappa shape index (κ1) is 31.7. The van der Waals surface area contributed by atoms with E-state index in [2.05, 4.69) is 60.7 Å². The Kier molecular flexibility index (Phi) is 9.03. The van der Waals surface area contributed by atoms with Gasteiger partial charge in [0.15, 0.2) is 5.65 Å². The molecule has 0 unspecified atom stereocenters. The summed E-state index contributed by atoms with van der Waals surface area (Å²) in [5.41, 5.74) is 8.94. The number of nitrogens with zero attached hydrogens (tertiary/aromatic N) is 4. The quantitative estimate of drug-likeness (QED) is 0.166. The number of benzene rings is 4. The van der Waals surface area contributed by atoms with Crippen molar-refractivity contribution >= 4 is 33.1 Å². The van der Waals surface area contributed by atoms with Crippen LogP contribution in [0.3, 0.4) is 0 Å². The Labute approximate surface area is 296 Å². The second-order valence-corrected chi connectivity index (χ2v) is 12.8. The van der Waals surface area contributed by atoms with E-state index in [4.69, 9.17) is 15.8 Å². The van der Waals surface area contributed by atoms with Crippen LogP contribution in [0, 0.1) is 12.1 Å². The predicted octanol–water partition coefficient (Wildman–Crippen LogP) is 10.8. The third-order valence-corrected chi connectivity index (χ3v) is 8.28. The fourth-order valence-electron chi connectivity index (χ4n) is 5.67. The molecule has 4 heterocycles. The van der Waals surface area contributed by atoms with Crippen molar-refractivity contribution in [3.8, 4) is 28.3 Å². The largest absolute Gasteiger partial charge is 0.501 e. The van der Waals surface area contributed by atoms with Gasteiger partial charge in [-0.1, -0.05) is 88.0 Å². The smallest absolute Gasteiger partial charge is 0.168 e. The molecular formula is C42H36IrN4O-2. The van der Waals surface area contributed by atoms with Crippen LogP contribution in [0.4, 0.5) is 0 Å². The van der Waals surface area contributed by atoms with Crippen LogP contribution in [0.15, 0.2) is 126 Å². The molecule has 6 heteroatoms. The van der Waals surface area contributed by atoms with Gasteiger partial charge in [0.05, 0.1) is 16.9 Å². The van der Waals surface area contributed by atoms with Crippen molar-refractivity contribution in [3.05, 3.63) is 145 Å². The van der Waals surface area contributed by atoms with Crippen molar-refractivity contribution in [2.24, 2.45) is 0 Å². The molecule has 0 N–H and O–H groups in total. The zero-order chi connectivity index (χ0) is 33.5. The number of fused-ring (bicyclic) bond motifs is 4. The maximum Gasteiger partial charge on any atom is 0.168 e. The molecule has 0 fully saturated rings. The van der Waals surface area contributed by atoms with E-state index in [0.29, 0.717) is 5.65 Å². The molecule has 0 saturated heterocycles. The first-order chi connectivity index (χ1) is 23.1. The Morgan fingerprint density at radius 2 is 1.60 bits per heavy atom. The topological polar surface area (TPSA) is 56.7 Å². The van der Waals surface area contributed by atoms with Gasteiger partial charge in [-0.3, -0.25) is 4.98 Å². The summed E-state index contributed by atoms with van der Waals surface area (Å²) < 4.78 is 17.0. The van der Waals surface area contributed by atoms with Crippen molar-refractivity contribution in [3.63, 3.8) is 0 Å². The van der Waals surface area contributed by atoms with Crippen LogP contribution in [0.1, 0.15) is 53.0 Å².